The summed E-state index contributed by atoms with van der Waals surface area (Å²) in [5.74, 6) is 0.382. The van der Waals surface area contributed by atoms with Gasteiger partial charge in [0, 0.05) is 10.7 Å². The number of halogens is 1. The summed E-state index contributed by atoms with van der Waals surface area (Å²) in [4.78, 5) is 0.676. The van der Waals surface area contributed by atoms with Gasteiger partial charge in [0.2, 0.25) is 0 Å². The summed E-state index contributed by atoms with van der Waals surface area (Å²) in [5.41, 5.74) is 8.34. The smallest absolute Gasteiger partial charge is 0.0623 e. The van der Waals surface area contributed by atoms with Crippen LogP contribution in [0.1, 0.15) is 11.1 Å². The molecule has 0 aliphatic carbocycles. The van der Waals surface area contributed by atoms with Gasteiger partial charge in [0.25, 0.3) is 0 Å². The van der Waals surface area contributed by atoms with E-state index in [1.807, 2.05) is 37.3 Å². The Kier molecular flexibility index (Phi) is 4.04. The first-order chi connectivity index (χ1) is 8.58. The topological polar surface area (TPSA) is 43.1 Å². The molecule has 0 radical (unpaired) electrons. The monoisotopic (exact) mass is 279 g/mol. The van der Waals surface area contributed by atoms with Gasteiger partial charge >= 0.3 is 0 Å². The van der Waals surface area contributed by atoms with Crippen molar-refractivity contribution in [1.29, 1.82) is 0 Å². The largest absolute Gasteiger partial charge is 0.398 e. The lowest BCUT2D eigenvalue weighted by molar-refractivity contribution is 0.683. The van der Waals surface area contributed by atoms with Crippen molar-refractivity contribution >= 4 is 28.1 Å². The van der Waals surface area contributed by atoms with Gasteiger partial charge in [0.15, 0.2) is 0 Å². The molecule has 0 heterocycles. The van der Waals surface area contributed by atoms with Crippen molar-refractivity contribution in [2.24, 2.45) is 0 Å². The first kappa shape index (κ1) is 13.1. The summed E-state index contributed by atoms with van der Waals surface area (Å²) in [6.45, 7) is 1.95. The summed E-state index contributed by atoms with van der Waals surface area (Å²) >= 11 is 6.06. The van der Waals surface area contributed by atoms with E-state index in [-0.39, 0.29) is 0 Å². The van der Waals surface area contributed by atoms with E-state index in [0.29, 0.717) is 21.4 Å². The number of nitrogen functional groups attached to an aromatic ring is 1. The van der Waals surface area contributed by atoms with E-state index in [4.69, 9.17) is 17.3 Å². The maximum Gasteiger partial charge on any atom is 0.0623 e. The zero-order chi connectivity index (χ0) is 13.1. The Morgan fingerprint density at radius 1 is 1.22 bits per heavy atom. The zero-order valence-corrected chi connectivity index (χ0v) is 11.6. The van der Waals surface area contributed by atoms with Gasteiger partial charge in [-0.25, -0.2) is 0 Å². The highest BCUT2D eigenvalue weighted by atomic mass is 35.5. The van der Waals surface area contributed by atoms with Crippen LogP contribution in [-0.2, 0) is 16.6 Å². The molecule has 0 saturated heterocycles. The molecule has 2 nitrogen and oxygen atoms in total. The summed E-state index contributed by atoms with van der Waals surface area (Å²) in [5, 5.41) is 0.636. The minimum Gasteiger partial charge on any atom is -0.398 e. The molecule has 0 bridgehead atoms. The molecule has 0 aromatic heterocycles. The third kappa shape index (κ3) is 2.92. The Labute approximate surface area is 114 Å². The molecule has 1 unspecified atom stereocenters. The van der Waals surface area contributed by atoms with Gasteiger partial charge in [-0.1, -0.05) is 35.9 Å². The quantitative estimate of drug-likeness (QED) is 0.874. The molecule has 1 atom stereocenters. The van der Waals surface area contributed by atoms with Crippen molar-refractivity contribution in [3.05, 3.63) is 58.6 Å². The van der Waals surface area contributed by atoms with Gasteiger partial charge in [0.05, 0.1) is 21.4 Å². The van der Waals surface area contributed by atoms with Crippen molar-refractivity contribution < 1.29 is 4.21 Å². The predicted octanol–water partition coefficient (Wildman–Crippen LogP) is 3.54. The number of aryl methyl sites for hydroxylation is 1. The number of hydrogen-bond acceptors (Lipinski definition) is 2. The van der Waals surface area contributed by atoms with Gasteiger partial charge in [-0.05, 0) is 36.2 Å². The second-order valence-corrected chi connectivity index (χ2v) is 5.95. The van der Waals surface area contributed by atoms with Crippen LogP contribution in [0.2, 0.25) is 5.02 Å². The average molecular weight is 280 g/mol. The maximum absolute atomic E-state index is 12.3. The van der Waals surface area contributed by atoms with Crippen LogP contribution in [0.5, 0.6) is 0 Å². The maximum atomic E-state index is 12.3. The molecule has 2 rings (SSSR count). The van der Waals surface area contributed by atoms with Gasteiger partial charge in [-0.15, -0.1) is 0 Å². The summed E-state index contributed by atoms with van der Waals surface area (Å²) < 4.78 is 12.3. The fraction of sp³-hybridized carbons (Fsp3) is 0.143. The van der Waals surface area contributed by atoms with E-state index < -0.39 is 10.8 Å². The third-order valence-electron chi connectivity index (χ3n) is 2.66. The molecule has 0 amide bonds. The highest BCUT2D eigenvalue weighted by Crippen LogP contribution is 2.23. The second kappa shape index (κ2) is 5.55. The highest BCUT2D eigenvalue weighted by molar-refractivity contribution is 7.84. The first-order valence-electron chi connectivity index (χ1n) is 5.56. The van der Waals surface area contributed by atoms with Gasteiger partial charge in [-0.3, -0.25) is 4.21 Å². The third-order valence-corrected chi connectivity index (χ3v) is 4.44. The van der Waals surface area contributed by atoms with Crippen molar-refractivity contribution in [3.8, 4) is 0 Å². The minimum absolute atomic E-state index is 0.382. The Hall–Kier alpha value is -1.32. The molecule has 0 aliphatic rings. The summed E-state index contributed by atoms with van der Waals surface area (Å²) in [6, 6.07) is 13.0. The number of benzene rings is 2. The lowest BCUT2D eigenvalue weighted by Gasteiger charge is -2.08. The van der Waals surface area contributed by atoms with Crippen LogP contribution >= 0.6 is 11.6 Å². The molecule has 4 heteroatoms. The van der Waals surface area contributed by atoms with Crippen LogP contribution < -0.4 is 5.73 Å². The molecule has 0 spiro atoms. The Balaban J connectivity index is 2.28. The predicted molar refractivity (Wildman–Crippen MR) is 77.2 cm³/mol. The van der Waals surface area contributed by atoms with Crippen molar-refractivity contribution in [1.82, 2.24) is 0 Å². The standard InChI is InChI=1S/C14H14ClNOS/c1-10-6-7-13(16)14(8-10)18(17)9-11-4-2-3-5-12(11)15/h2-8H,9,16H2,1H3. The van der Waals surface area contributed by atoms with Crippen LogP contribution in [0.4, 0.5) is 5.69 Å². The molecule has 0 aliphatic heterocycles. The molecule has 0 saturated carbocycles. The lowest BCUT2D eigenvalue weighted by atomic mass is 10.2. The summed E-state index contributed by atoms with van der Waals surface area (Å²) in [6.07, 6.45) is 0. The molecule has 2 aromatic rings. The molecular weight excluding hydrogens is 266 g/mol. The second-order valence-electron chi connectivity index (χ2n) is 4.12. The number of hydrogen-bond donors (Lipinski definition) is 1. The zero-order valence-electron chi connectivity index (χ0n) is 10.0. The number of rotatable bonds is 3. The molecular formula is C14H14ClNOS. The van der Waals surface area contributed by atoms with Gasteiger partial charge < -0.3 is 5.73 Å². The fourth-order valence-corrected chi connectivity index (χ4v) is 3.29. The van der Waals surface area contributed by atoms with E-state index in [1.54, 1.807) is 12.1 Å². The Morgan fingerprint density at radius 3 is 2.67 bits per heavy atom. The lowest BCUT2D eigenvalue weighted by Crippen LogP contribution is -2.01. The SMILES string of the molecule is Cc1ccc(N)c(S(=O)Cc2ccccc2Cl)c1. The van der Waals surface area contributed by atoms with Crippen LogP contribution in [0, 0.1) is 6.92 Å². The average Bonchev–Trinajstić information content (AvgIpc) is 2.35. The molecule has 2 N–H and O–H groups in total. The van der Waals surface area contributed by atoms with Crippen LogP contribution in [0.25, 0.3) is 0 Å². The van der Waals surface area contributed by atoms with Crippen LogP contribution in [-0.4, -0.2) is 4.21 Å². The molecule has 0 fully saturated rings. The molecule has 18 heavy (non-hydrogen) atoms. The molecule has 94 valence electrons. The van der Waals surface area contributed by atoms with E-state index in [1.165, 1.54) is 0 Å². The number of nitrogens with two attached hydrogens (primary N) is 1. The van der Waals surface area contributed by atoms with E-state index in [2.05, 4.69) is 0 Å². The normalized spacial score (nSPS) is 12.3. The van der Waals surface area contributed by atoms with Crippen molar-refractivity contribution in [2.45, 2.75) is 17.6 Å². The number of anilines is 1. The highest BCUT2D eigenvalue weighted by Gasteiger charge is 2.10. The van der Waals surface area contributed by atoms with Crippen molar-refractivity contribution in [2.75, 3.05) is 5.73 Å². The van der Waals surface area contributed by atoms with E-state index in [0.717, 1.165) is 11.1 Å². The minimum atomic E-state index is -1.18. The Bertz CT molecular complexity index is 598. The molecule has 2 aromatic carbocycles. The van der Waals surface area contributed by atoms with Crippen LogP contribution in [0.15, 0.2) is 47.4 Å². The van der Waals surface area contributed by atoms with E-state index >= 15 is 0 Å². The van der Waals surface area contributed by atoms with Gasteiger partial charge in [-0.2, -0.15) is 0 Å². The Morgan fingerprint density at radius 2 is 1.94 bits per heavy atom. The first-order valence-corrected chi connectivity index (χ1v) is 7.25. The van der Waals surface area contributed by atoms with E-state index in [9.17, 15) is 4.21 Å². The van der Waals surface area contributed by atoms with Crippen molar-refractivity contribution in [3.63, 3.8) is 0 Å². The van der Waals surface area contributed by atoms with Crippen LogP contribution in [0.3, 0.4) is 0 Å². The van der Waals surface area contributed by atoms with Gasteiger partial charge in [0.1, 0.15) is 0 Å². The summed E-state index contributed by atoms with van der Waals surface area (Å²) in [7, 11) is -1.18. The fourth-order valence-electron chi connectivity index (χ4n) is 1.67.